The summed E-state index contributed by atoms with van der Waals surface area (Å²) in [6.07, 6.45) is 1.03. The van der Waals surface area contributed by atoms with Gasteiger partial charge in [0.1, 0.15) is 17.1 Å². The number of nitrogens with one attached hydrogen (secondary N) is 1. The Hall–Kier alpha value is -2.62. The Kier molecular flexibility index (Phi) is 4.15. The second-order valence-corrected chi connectivity index (χ2v) is 5.69. The molecule has 4 nitrogen and oxygen atoms in total. The van der Waals surface area contributed by atoms with Crippen LogP contribution >= 0.6 is 0 Å². The monoisotopic (exact) mass is 307 g/mol. The van der Waals surface area contributed by atoms with E-state index >= 15 is 0 Å². The zero-order chi connectivity index (χ0) is 16.4. The molecular weight excluding hydrogens is 286 g/mol. The third-order valence-electron chi connectivity index (χ3n) is 4.30. The summed E-state index contributed by atoms with van der Waals surface area (Å²) in [5.74, 6) is 0.871. The standard InChI is InChI=1S/C19H21N3O/c1-5-14-6-8-15(9-7-14)18-19(21-22-20-18)16-10-12(2)13(3)17(11-16)23-4/h6-11H,5H2,1-4H3,(H,20,21,22). The van der Waals surface area contributed by atoms with Crippen LogP contribution in [0.2, 0.25) is 0 Å². The van der Waals surface area contributed by atoms with Gasteiger partial charge < -0.3 is 4.74 Å². The van der Waals surface area contributed by atoms with Crippen molar-refractivity contribution in [2.45, 2.75) is 27.2 Å². The molecule has 118 valence electrons. The molecule has 0 saturated heterocycles. The summed E-state index contributed by atoms with van der Waals surface area (Å²) < 4.78 is 5.48. The Morgan fingerprint density at radius 3 is 2.22 bits per heavy atom. The minimum atomic E-state index is 0.843. The maximum Gasteiger partial charge on any atom is 0.122 e. The van der Waals surface area contributed by atoms with E-state index in [0.717, 1.165) is 40.2 Å². The van der Waals surface area contributed by atoms with E-state index in [9.17, 15) is 0 Å². The number of H-pyrrole nitrogens is 1. The maximum atomic E-state index is 5.48. The van der Waals surface area contributed by atoms with Gasteiger partial charge in [-0.2, -0.15) is 15.4 Å². The first kappa shape index (κ1) is 15.3. The molecule has 1 aromatic heterocycles. The largest absolute Gasteiger partial charge is 0.496 e. The molecule has 0 atom stereocenters. The first-order valence-corrected chi connectivity index (χ1v) is 7.79. The third kappa shape index (κ3) is 2.84. The van der Waals surface area contributed by atoms with Crippen molar-refractivity contribution in [3.8, 4) is 28.3 Å². The molecule has 0 bridgehead atoms. The van der Waals surface area contributed by atoms with Crippen molar-refractivity contribution in [2.75, 3.05) is 7.11 Å². The fourth-order valence-corrected chi connectivity index (χ4v) is 2.71. The molecule has 1 N–H and O–H groups in total. The molecule has 1 heterocycles. The van der Waals surface area contributed by atoms with Crippen LogP contribution in [0.5, 0.6) is 5.75 Å². The summed E-state index contributed by atoms with van der Waals surface area (Å²) in [4.78, 5) is 0. The molecule has 0 saturated carbocycles. The van der Waals surface area contributed by atoms with E-state index in [1.54, 1.807) is 7.11 Å². The summed E-state index contributed by atoms with van der Waals surface area (Å²) in [6, 6.07) is 12.6. The summed E-state index contributed by atoms with van der Waals surface area (Å²) in [7, 11) is 1.69. The summed E-state index contributed by atoms with van der Waals surface area (Å²) >= 11 is 0. The van der Waals surface area contributed by atoms with Crippen molar-refractivity contribution >= 4 is 0 Å². The van der Waals surface area contributed by atoms with Crippen LogP contribution in [0.1, 0.15) is 23.6 Å². The Bertz CT molecular complexity index is 819. The first-order chi connectivity index (χ1) is 11.1. The van der Waals surface area contributed by atoms with Gasteiger partial charge in [-0.25, -0.2) is 0 Å². The van der Waals surface area contributed by atoms with Crippen LogP contribution in [-0.2, 0) is 6.42 Å². The van der Waals surface area contributed by atoms with Crippen molar-refractivity contribution < 1.29 is 4.74 Å². The van der Waals surface area contributed by atoms with E-state index in [0.29, 0.717) is 0 Å². The van der Waals surface area contributed by atoms with Gasteiger partial charge in [-0.3, -0.25) is 0 Å². The smallest absolute Gasteiger partial charge is 0.122 e. The Balaban J connectivity index is 2.09. The predicted molar refractivity (Wildman–Crippen MR) is 92.7 cm³/mol. The zero-order valence-corrected chi connectivity index (χ0v) is 14.0. The number of benzene rings is 2. The van der Waals surface area contributed by atoms with Crippen LogP contribution in [0.15, 0.2) is 36.4 Å². The SMILES string of the molecule is CCc1ccc(-c2n[nH]nc2-c2cc(C)c(C)c(OC)c2)cc1. The van der Waals surface area contributed by atoms with Gasteiger partial charge in [0.05, 0.1) is 7.11 Å². The molecule has 0 fully saturated rings. The molecule has 3 aromatic rings. The summed E-state index contributed by atoms with van der Waals surface area (Å²) in [5, 5.41) is 11.5. The van der Waals surface area contributed by atoms with Crippen molar-refractivity contribution in [1.82, 2.24) is 15.4 Å². The lowest BCUT2D eigenvalue weighted by Crippen LogP contribution is -1.93. The van der Waals surface area contributed by atoms with E-state index < -0.39 is 0 Å². The van der Waals surface area contributed by atoms with Gasteiger partial charge in [0.25, 0.3) is 0 Å². The summed E-state index contributed by atoms with van der Waals surface area (Å²) in [6.45, 7) is 6.29. The van der Waals surface area contributed by atoms with Crippen molar-refractivity contribution in [3.05, 3.63) is 53.1 Å². The highest BCUT2D eigenvalue weighted by Gasteiger charge is 2.15. The number of nitrogens with zero attached hydrogens (tertiary/aromatic N) is 2. The van der Waals surface area contributed by atoms with Gasteiger partial charge in [-0.15, -0.1) is 0 Å². The highest BCUT2D eigenvalue weighted by molar-refractivity contribution is 5.78. The minimum Gasteiger partial charge on any atom is -0.496 e. The van der Waals surface area contributed by atoms with E-state index in [1.165, 1.54) is 11.1 Å². The van der Waals surface area contributed by atoms with Crippen LogP contribution in [0.3, 0.4) is 0 Å². The molecule has 0 radical (unpaired) electrons. The van der Waals surface area contributed by atoms with Gasteiger partial charge >= 0.3 is 0 Å². The number of methoxy groups -OCH3 is 1. The van der Waals surface area contributed by atoms with E-state index in [-0.39, 0.29) is 0 Å². The minimum absolute atomic E-state index is 0.843. The van der Waals surface area contributed by atoms with Crippen LogP contribution in [0, 0.1) is 13.8 Å². The van der Waals surface area contributed by atoms with E-state index in [1.807, 2.05) is 6.07 Å². The fraction of sp³-hybridized carbons (Fsp3) is 0.263. The summed E-state index contributed by atoms with van der Waals surface area (Å²) in [5.41, 5.74) is 7.40. The molecule has 0 aliphatic heterocycles. The topological polar surface area (TPSA) is 50.8 Å². The number of rotatable bonds is 4. The molecule has 23 heavy (non-hydrogen) atoms. The Morgan fingerprint density at radius 1 is 0.957 bits per heavy atom. The van der Waals surface area contributed by atoms with Crippen LogP contribution in [-0.4, -0.2) is 22.5 Å². The number of ether oxygens (including phenoxy) is 1. The van der Waals surface area contributed by atoms with Gasteiger partial charge in [-0.05, 0) is 49.1 Å². The quantitative estimate of drug-likeness (QED) is 0.780. The number of aryl methyl sites for hydroxylation is 2. The highest BCUT2D eigenvalue weighted by atomic mass is 16.5. The molecule has 0 aliphatic rings. The van der Waals surface area contributed by atoms with Crippen molar-refractivity contribution in [2.24, 2.45) is 0 Å². The lowest BCUT2D eigenvalue weighted by Gasteiger charge is -2.10. The third-order valence-corrected chi connectivity index (χ3v) is 4.30. The average molecular weight is 307 g/mol. The van der Waals surface area contributed by atoms with Crippen LogP contribution < -0.4 is 4.74 Å². The molecule has 0 amide bonds. The molecule has 0 unspecified atom stereocenters. The molecular formula is C19H21N3O. The normalized spacial score (nSPS) is 10.8. The molecule has 0 aliphatic carbocycles. The van der Waals surface area contributed by atoms with Gasteiger partial charge in [0, 0.05) is 11.1 Å². The number of hydrogen-bond donors (Lipinski definition) is 1. The van der Waals surface area contributed by atoms with Gasteiger partial charge in [-0.1, -0.05) is 31.2 Å². The first-order valence-electron chi connectivity index (χ1n) is 7.79. The van der Waals surface area contributed by atoms with E-state index in [4.69, 9.17) is 4.74 Å². The molecule has 4 heteroatoms. The van der Waals surface area contributed by atoms with Crippen molar-refractivity contribution in [1.29, 1.82) is 0 Å². The van der Waals surface area contributed by atoms with E-state index in [2.05, 4.69) is 66.5 Å². The van der Waals surface area contributed by atoms with Crippen LogP contribution in [0.25, 0.3) is 22.5 Å². The maximum absolute atomic E-state index is 5.48. The number of aromatic nitrogens is 3. The highest BCUT2D eigenvalue weighted by Crippen LogP contribution is 2.33. The zero-order valence-electron chi connectivity index (χ0n) is 14.0. The number of aromatic amines is 1. The van der Waals surface area contributed by atoms with Gasteiger partial charge in [0.15, 0.2) is 0 Å². The number of hydrogen-bond acceptors (Lipinski definition) is 3. The molecule has 0 spiro atoms. The van der Waals surface area contributed by atoms with Gasteiger partial charge in [0.2, 0.25) is 0 Å². The lowest BCUT2D eigenvalue weighted by atomic mass is 9.99. The second kappa shape index (κ2) is 6.24. The lowest BCUT2D eigenvalue weighted by molar-refractivity contribution is 0.411. The average Bonchev–Trinajstić information content (AvgIpc) is 3.07. The second-order valence-electron chi connectivity index (χ2n) is 5.69. The predicted octanol–water partition coefficient (Wildman–Crippen LogP) is 4.33. The molecule has 2 aromatic carbocycles. The molecule has 3 rings (SSSR count). The Labute approximate surface area is 136 Å². The van der Waals surface area contributed by atoms with Crippen LogP contribution in [0.4, 0.5) is 0 Å². The van der Waals surface area contributed by atoms with Crippen molar-refractivity contribution in [3.63, 3.8) is 0 Å². The fourth-order valence-electron chi connectivity index (χ4n) is 2.71. The Morgan fingerprint density at radius 2 is 1.61 bits per heavy atom.